The Morgan fingerprint density at radius 3 is 2.59 bits per heavy atom. The molecule has 1 aliphatic rings. The number of allylic oxidation sites excluding steroid dienone is 2. The summed E-state index contributed by atoms with van der Waals surface area (Å²) in [7, 11) is 0. The monoisotopic (exact) mass is 432 g/mol. The Bertz CT molecular complexity index is 1200. The molecule has 7 heteroatoms. The van der Waals surface area contributed by atoms with E-state index in [0.29, 0.717) is 17.1 Å². The zero-order chi connectivity index (χ0) is 22.3. The Morgan fingerprint density at radius 2 is 1.78 bits per heavy atom. The minimum absolute atomic E-state index is 0.249. The fraction of sp³-hybridized carbons (Fsp3) is 0.0800. The second kappa shape index (κ2) is 9.78. The summed E-state index contributed by atoms with van der Waals surface area (Å²) < 4.78 is 31.5. The van der Waals surface area contributed by atoms with Crippen LogP contribution in [-0.4, -0.2) is 12.6 Å². The highest BCUT2D eigenvalue weighted by Gasteiger charge is 2.09. The molecule has 32 heavy (non-hydrogen) atoms. The van der Waals surface area contributed by atoms with Crippen LogP contribution in [0.25, 0.3) is 10.8 Å². The fourth-order valence-electron chi connectivity index (χ4n) is 3.27. The maximum atomic E-state index is 12.8. The van der Waals surface area contributed by atoms with Crippen molar-refractivity contribution in [3.05, 3.63) is 102 Å². The number of rotatable bonds is 7. The minimum Gasteiger partial charge on any atom is -0.457 e. The van der Waals surface area contributed by atoms with Crippen molar-refractivity contribution in [1.29, 1.82) is 0 Å². The number of hydrogen-bond donors (Lipinski definition) is 3. The Hall–Kier alpha value is -4.13. The first kappa shape index (κ1) is 21.1. The number of benzene rings is 3. The van der Waals surface area contributed by atoms with E-state index in [-0.39, 0.29) is 6.42 Å². The molecule has 0 saturated heterocycles. The average Bonchev–Trinajstić information content (AvgIpc) is 2.78. The van der Waals surface area contributed by atoms with Gasteiger partial charge >= 0.3 is 0 Å². The number of nitrogens with one attached hydrogen (secondary N) is 3. The lowest BCUT2D eigenvalue weighted by molar-refractivity contribution is 0.149. The number of alkyl halides is 2. The molecule has 0 atom stereocenters. The molecule has 3 aromatic carbocycles. The van der Waals surface area contributed by atoms with E-state index in [1.54, 1.807) is 36.7 Å². The number of ether oxygens (including phenoxy) is 1. The number of anilines is 2. The van der Waals surface area contributed by atoms with E-state index in [2.05, 4.69) is 28.0 Å². The van der Waals surface area contributed by atoms with Gasteiger partial charge in [-0.25, -0.2) is 8.78 Å². The van der Waals surface area contributed by atoms with Crippen molar-refractivity contribution in [3.63, 3.8) is 0 Å². The van der Waals surface area contributed by atoms with E-state index < -0.39 is 6.43 Å². The van der Waals surface area contributed by atoms with Crippen molar-refractivity contribution in [2.75, 3.05) is 10.9 Å². The second-order valence-electron chi connectivity index (χ2n) is 7.12. The van der Waals surface area contributed by atoms with E-state index in [1.165, 1.54) is 0 Å². The topological polar surface area (TPSA) is 57.7 Å². The predicted molar refractivity (Wildman–Crippen MR) is 126 cm³/mol. The van der Waals surface area contributed by atoms with Crippen molar-refractivity contribution in [1.82, 2.24) is 5.43 Å². The molecule has 0 aliphatic carbocycles. The van der Waals surface area contributed by atoms with Gasteiger partial charge in [0.15, 0.2) is 0 Å². The van der Waals surface area contributed by atoms with Gasteiger partial charge in [0.1, 0.15) is 11.5 Å². The van der Waals surface area contributed by atoms with Gasteiger partial charge in [0.2, 0.25) is 6.43 Å². The summed E-state index contributed by atoms with van der Waals surface area (Å²) in [5.41, 5.74) is 12.0. The number of hydrazine groups is 1. The summed E-state index contributed by atoms with van der Waals surface area (Å²) in [6.07, 6.45) is 4.18. The van der Waals surface area contributed by atoms with Gasteiger partial charge in [-0.1, -0.05) is 30.8 Å². The summed E-state index contributed by atoms with van der Waals surface area (Å²) in [4.78, 5) is 0. The molecule has 1 heterocycles. The van der Waals surface area contributed by atoms with Gasteiger partial charge < -0.3 is 15.6 Å². The molecule has 0 saturated carbocycles. The van der Waals surface area contributed by atoms with Gasteiger partial charge in [0, 0.05) is 24.3 Å². The summed E-state index contributed by atoms with van der Waals surface area (Å²) in [5, 5.41) is 5.69. The van der Waals surface area contributed by atoms with Crippen molar-refractivity contribution < 1.29 is 13.5 Å². The SMILES string of the molecule is C=C1/C=C\N/N=C\C=C/1Oc1ccc(NNc2ccc3c(CC(F)F)cccc3c2)cc1. The van der Waals surface area contributed by atoms with Crippen molar-refractivity contribution in [2.45, 2.75) is 12.8 Å². The van der Waals surface area contributed by atoms with Crippen molar-refractivity contribution in [3.8, 4) is 5.75 Å². The molecule has 0 spiro atoms. The molecular formula is C25H22F2N4O. The number of hydrogen-bond acceptors (Lipinski definition) is 5. The van der Waals surface area contributed by atoms with Gasteiger partial charge in [-0.05, 0) is 58.8 Å². The lowest BCUT2D eigenvalue weighted by Crippen LogP contribution is -2.08. The molecular weight excluding hydrogens is 410 g/mol. The van der Waals surface area contributed by atoms with Gasteiger partial charge in [-0.15, -0.1) is 0 Å². The Morgan fingerprint density at radius 1 is 1.00 bits per heavy atom. The van der Waals surface area contributed by atoms with Crippen LogP contribution in [0.4, 0.5) is 20.2 Å². The summed E-state index contributed by atoms with van der Waals surface area (Å²) in [6.45, 7) is 3.97. The maximum Gasteiger partial charge on any atom is 0.242 e. The van der Waals surface area contributed by atoms with Crippen LogP contribution >= 0.6 is 0 Å². The molecule has 0 bridgehead atoms. The summed E-state index contributed by atoms with van der Waals surface area (Å²) >= 11 is 0. The zero-order valence-corrected chi connectivity index (χ0v) is 17.2. The molecule has 0 fully saturated rings. The third-order valence-electron chi connectivity index (χ3n) is 4.83. The van der Waals surface area contributed by atoms with Crippen molar-refractivity contribution in [2.24, 2.45) is 5.10 Å². The maximum absolute atomic E-state index is 12.8. The summed E-state index contributed by atoms with van der Waals surface area (Å²) in [5.74, 6) is 1.27. The van der Waals surface area contributed by atoms with Gasteiger partial charge in [-0.3, -0.25) is 5.43 Å². The second-order valence-corrected chi connectivity index (χ2v) is 7.12. The average molecular weight is 432 g/mol. The molecule has 5 nitrogen and oxygen atoms in total. The normalized spacial score (nSPS) is 17.0. The molecule has 0 amide bonds. The van der Waals surface area contributed by atoms with Gasteiger partial charge in [0.25, 0.3) is 0 Å². The molecule has 0 unspecified atom stereocenters. The van der Waals surface area contributed by atoms with E-state index in [4.69, 9.17) is 4.74 Å². The third-order valence-corrected chi connectivity index (χ3v) is 4.83. The molecule has 1 aliphatic heterocycles. The van der Waals surface area contributed by atoms with Crippen LogP contribution in [0.1, 0.15) is 5.56 Å². The van der Waals surface area contributed by atoms with Crippen LogP contribution in [0, 0.1) is 0 Å². The third kappa shape index (κ3) is 5.31. The van der Waals surface area contributed by atoms with Gasteiger partial charge in [-0.2, -0.15) is 5.10 Å². The van der Waals surface area contributed by atoms with Crippen LogP contribution in [0.5, 0.6) is 5.75 Å². The van der Waals surface area contributed by atoms with E-state index in [0.717, 1.165) is 27.7 Å². The van der Waals surface area contributed by atoms with Crippen LogP contribution in [0.3, 0.4) is 0 Å². The zero-order valence-electron chi connectivity index (χ0n) is 17.2. The Labute approximate surface area is 184 Å². The summed E-state index contributed by atoms with van der Waals surface area (Å²) in [6, 6.07) is 18.5. The largest absolute Gasteiger partial charge is 0.457 e. The number of nitrogens with zero attached hydrogens (tertiary/aromatic N) is 1. The van der Waals surface area contributed by atoms with Crippen LogP contribution < -0.4 is 21.0 Å². The molecule has 3 aromatic rings. The quantitative estimate of drug-likeness (QED) is 0.400. The van der Waals surface area contributed by atoms with Gasteiger partial charge in [0.05, 0.1) is 17.6 Å². The molecule has 4 rings (SSSR count). The van der Waals surface area contributed by atoms with E-state index >= 15 is 0 Å². The lowest BCUT2D eigenvalue weighted by Gasteiger charge is -2.14. The van der Waals surface area contributed by atoms with E-state index in [1.807, 2.05) is 48.5 Å². The number of hydrazone groups is 1. The van der Waals surface area contributed by atoms with Crippen molar-refractivity contribution >= 4 is 28.4 Å². The molecule has 3 N–H and O–H groups in total. The first-order valence-corrected chi connectivity index (χ1v) is 10.0. The smallest absolute Gasteiger partial charge is 0.242 e. The molecule has 0 aromatic heterocycles. The standard InChI is InChI=1S/C25H22F2N4O/c1-17-11-13-28-29-14-12-24(17)32-22-8-5-20(6-9-22)30-31-21-7-10-23-18(15-21)3-2-4-19(23)16-25(26)27/h2-15,25,28,30-31H,1,16H2/b13-11-,24-12+,29-14-. The van der Waals surface area contributed by atoms with Crippen LogP contribution in [-0.2, 0) is 6.42 Å². The highest BCUT2D eigenvalue weighted by Crippen LogP contribution is 2.25. The first-order chi connectivity index (χ1) is 15.6. The Balaban J connectivity index is 1.40. The highest BCUT2D eigenvalue weighted by molar-refractivity contribution is 5.88. The highest BCUT2D eigenvalue weighted by atomic mass is 19.3. The number of fused-ring (bicyclic) bond motifs is 1. The molecule has 162 valence electrons. The Kier molecular flexibility index (Phi) is 6.46. The predicted octanol–water partition coefficient (Wildman–Crippen LogP) is 6.01. The minimum atomic E-state index is -2.37. The number of halogens is 2. The lowest BCUT2D eigenvalue weighted by atomic mass is 10.0. The molecule has 0 radical (unpaired) electrons. The fourth-order valence-corrected chi connectivity index (χ4v) is 3.27. The van der Waals surface area contributed by atoms with E-state index in [9.17, 15) is 8.78 Å². The van der Waals surface area contributed by atoms with Crippen LogP contribution in [0.2, 0.25) is 0 Å². The van der Waals surface area contributed by atoms with Crippen LogP contribution in [0.15, 0.2) is 102 Å². The first-order valence-electron chi connectivity index (χ1n) is 10.0.